The molecule has 0 saturated carbocycles. The first-order valence-electron chi connectivity index (χ1n) is 7.80. The van der Waals surface area contributed by atoms with Gasteiger partial charge in [-0.25, -0.2) is 9.59 Å². The normalized spacial score (nSPS) is 22.9. The average Bonchev–Trinajstić information content (AvgIpc) is 2.47. The number of hydrogen-bond donors (Lipinski definition) is 2. The summed E-state index contributed by atoms with van der Waals surface area (Å²) in [5.74, 6) is -0.00424. The summed E-state index contributed by atoms with van der Waals surface area (Å²) < 4.78 is 0. The van der Waals surface area contributed by atoms with Crippen LogP contribution in [0.4, 0.5) is 4.79 Å². The Morgan fingerprint density at radius 3 is 2.45 bits per heavy atom. The molecule has 1 heterocycles. The third-order valence-corrected chi connectivity index (χ3v) is 4.53. The summed E-state index contributed by atoms with van der Waals surface area (Å²) in [5.41, 5.74) is 0. The predicted octanol–water partition coefficient (Wildman–Crippen LogP) is 2.71. The highest BCUT2D eigenvalue weighted by molar-refractivity contribution is 5.82. The van der Waals surface area contributed by atoms with Crippen molar-refractivity contribution >= 4 is 12.0 Å². The molecule has 116 valence electrons. The Kier molecular flexibility index (Phi) is 6.82. The molecule has 0 radical (unpaired) electrons. The van der Waals surface area contributed by atoms with Crippen LogP contribution in [0.1, 0.15) is 52.9 Å². The summed E-state index contributed by atoms with van der Waals surface area (Å²) in [6.07, 6.45) is 4.50. The number of amides is 2. The quantitative estimate of drug-likeness (QED) is 0.788. The van der Waals surface area contributed by atoms with Crippen molar-refractivity contribution in [2.24, 2.45) is 11.8 Å². The lowest BCUT2D eigenvalue weighted by atomic mass is 9.89. The molecule has 1 saturated heterocycles. The van der Waals surface area contributed by atoms with Crippen molar-refractivity contribution in [1.29, 1.82) is 0 Å². The molecule has 0 bridgehead atoms. The summed E-state index contributed by atoms with van der Waals surface area (Å²) in [6, 6.07) is -0.894. The van der Waals surface area contributed by atoms with Crippen LogP contribution in [0.5, 0.6) is 0 Å². The number of likely N-dealkylation sites (tertiary alicyclic amines) is 1. The van der Waals surface area contributed by atoms with Gasteiger partial charge in [0.25, 0.3) is 0 Å². The first-order chi connectivity index (χ1) is 9.53. The molecule has 1 rings (SSSR count). The van der Waals surface area contributed by atoms with Crippen molar-refractivity contribution in [1.82, 2.24) is 10.2 Å². The third-order valence-electron chi connectivity index (χ3n) is 4.53. The molecule has 2 amide bonds. The first kappa shape index (κ1) is 16.8. The highest BCUT2D eigenvalue weighted by atomic mass is 16.4. The van der Waals surface area contributed by atoms with E-state index in [4.69, 9.17) is 0 Å². The lowest BCUT2D eigenvalue weighted by Gasteiger charge is -2.37. The van der Waals surface area contributed by atoms with Gasteiger partial charge in [-0.05, 0) is 24.7 Å². The zero-order valence-corrected chi connectivity index (χ0v) is 12.9. The maximum atomic E-state index is 12.2. The smallest absolute Gasteiger partial charge is 0.326 e. The van der Waals surface area contributed by atoms with Crippen LogP contribution in [0.3, 0.4) is 0 Å². The van der Waals surface area contributed by atoms with E-state index in [1.165, 1.54) is 4.90 Å². The van der Waals surface area contributed by atoms with Gasteiger partial charge in [0, 0.05) is 13.1 Å². The number of nitrogens with zero attached hydrogens (tertiary/aromatic N) is 1. The molecule has 20 heavy (non-hydrogen) atoms. The van der Waals surface area contributed by atoms with Crippen LogP contribution in [-0.2, 0) is 4.79 Å². The van der Waals surface area contributed by atoms with E-state index in [0.29, 0.717) is 31.3 Å². The largest absolute Gasteiger partial charge is 0.480 e. The van der Waals surface area contributed by atoms with Gasteiger partial charge in [0.15, 0.2) is 0 Å². The average molecular weight is 284 g/mol. The highest BCUT2D eigenvalue weighted by Crippen LogP contribution is 2.25. The Labute approximate surface area is 121 Å². The number of carboxylic acid groups (broad SMARTS) is 1. The number of hydrogen-bond acceptors (Lipinski definition) is 2. The van der Waals surface area contributed by atoms with Gasteiger partial charge in [0.2, 0.25) is 0 Å². The van der Waals surface area contributed by atoms with Gasteiger partial charge in [-0.1, -0.05) is 40.0 Å². The fraction of sp³-hybridized carbons (Fsp3) is 0.867. The summed E-state index contributed by atoms with van der Waals surface area (Å²) in [7, 11) is 0. The van der Waals surface area contributed by atoms with Gasteiger partial charge in [-0.2, -0.15) is 0 Å². The van der Waals surface area contributed by atoms with E-state index in [0.717, 1.165) is 25.7 Å². The molecule has 0 aliphatic carbocycles. The molecule has 0 aromatic carbocycles. The molecule has 2 N–H and O–H groups in total. The molecule has 0 spiro atoms. The fourth-order valence-electron chi connectivity index (χ4n) is 2.80. The van der Waals surface area contributed by atoms with Crippen LogP contribution >= 0.6 is 0 Å². The van der Waals surface area contributed by atoms with Crippen molar-refractivity contribution in [3.8, 4) is 0 Å². The van der Waals surface area contributed by atoms with Gasteiger partial charge in [-0.3, -0.25) is 0 Å². The summed E-state index contributed by atoms with van der Waals surface area (Å²) in [4.78, 5) is 25.1. The second-order valence-corrected chi connectivity index (χ2v) is 5.71. The van der Waals surface area contributed by atoms with E-state index < -0.39 is 12.0 Å². The summed E-state index contributed by atoms with van der Waals surface area (Å²) in [5, 5.41) is 12.2. The predicted molar refractivity (Wildman–Crippen MR) is 78.6 cm³/mol. The number of carbonyl (C=O) groups is 2. The maximum absolute atomic E-state index is 12.2. The number of piperidine rings is 1. The highest BCUT2D eigenvalue weighted by Gasteiger charge is 2.35. The Balaban J connectivity index is 2.58. The second kappa shape index (κ2) is 8.12. The Morgan fingerprint density at radius 2 is 1.95 bits per heavy atom. The molecule has 2 atom stereocenters. The Bertz CT molecular complexity index is 329. The Morgan fingerprint density at radius 1 is 1.30 bits per heavy atom. The monoisotopic (exact) mass is 284 g/mol. The molecule has 1 aliphatic rings. The number of aliphatic carboxylic acids is 1. The molecule has 5 heteroatoms. The Hall–Kier alpha value is -1.26. The lowest BCUT2D eigenvalue weighted by Crippen LogP contribution is -2.54. The number of rotatable bonds is 6. The van der Waals surface area contributed by atoms with Crippen LogP contribution in [-0.4, -0.2) is 41.1 Å². The fourth-order valence-corrected chi connectivity index (χ4v) is 2.80. The minimum absolute atomic E-state index is 0.223. The molecule has 1 aliphatic heterocycles. The maximum Gasteiger partial charge on any atom is 0.326 e. The number of nitrogens with one attached hydrogen (secondary N) is 1. The molecular formula is C15H28N2O3. The van der Waals surface area contributed by atoms with E-state index in [-0.39, 0.29) is 6.03 Å². The molecule has 2 unspecified atom stereocenters. The number of carboxylic acids is 1. The van der Waals surface area contributed by atoms with Crippen molar-refractivity contribution in [3.63, 3.8) is 0 Å². The third kappa shape index (κ3) is 4.39. The second-order valence-electron chi connectivity index (χ2n) is 5.71. The summed E-state index contributed by atoms with van der Waals surface area (Å²) in [6.45, 7) is 7.46. The SMILES string of the molecule is CCC(CC)CNC(=O)N1CCC(CC)CC1C(=O)O. The number of carbonyl (C=O) groups excluding carboxylic acids is 1. The van der Waals surface area contributed by atoms with E-state index in [1.807, 2.05) is 0 Å². The molecular weight excluding hydrogens is 256 g/mol. The van der Waals surface area contributed by atoms with Crippen LogP contribution in [0, 0.1) is 11.8 Å². The topological polar surface area (TPSA) is 69.6 Å². The van der Waals surface area contributed by atoms with Crippen LogP contribution < -0.4 is 5.32 Å². The first-order valence-corrected chi connectivity index (χ1v) is 7.80. The molecule has 0 aromatic heterocycles. The van der Waals surface area contributed by atoms with E-state index in [2.05, 4.69) is 26.1 Å². The van der Waals surface area contributed by atoms with E-state index in [1.54, 1.807) is 0 Å². The zero-order chi connectivity index (χ0) is 15.1. The van der Waals surface area contributed by atoms with E-state index in [9.17, 15) is 14.7 Å². The molecule has 1 fully saturated rings. The minimum atomic E-state index is -0.888. The van der Waals surface area contributed by atoms with Crippen LogP contribution in [0.15, 0.2) is 0 Å². The van der Waals surface area contributed by atoms with Gasteiger partial charge in [0.05, 0.1) is 0 Å². The number of urea groups is 1. The van der Waals surface area contributed by atoms with Crippen LogP contribution in [0.25, 0.3) is 0 Å². The van der Waals surface area contributed by atoms with Gasteiger partial charge >= 0.3 is 12.0 Å². The standard InChI is InChI=1S/C15H28N2O3/c1-4-11(5-2)10-16-15(20)17-8-7-12(6-3)9-13(17)14(18)19/h11-13H,4-10H2,1-3H3,(H,16,20)(H,18,19). The van der Waals surface area contributed by atoms with Crippen molar-refractivity contribution in [3.05, 3.63) is 0 Å². The van der Waals surface area contributed by atoms with Gasteiger partial charge in [-0.15, -0.1) is 0 Å². The van der Waals surface area contributed by atoms with Crippen molar-refractivity contribution in [2.75, 3.05) is 13.1 Å². The van der Waals surface area contributed by atoms with E-state index >= 15 is 0 Å². The molecule has 5 nitrogen and oxygen atoms in total. The van der Waals surface area contributed by atoms with Gasteiger partial charge < -0.3 is 15.3 Å². The van der Waals surface area contributed by atoms with Gasteiger partial charge in [0.1, 0.15) is 6.04 Å². The molecule has 0 aromatic rings. The van der Waals surface area contributed by atoms with Crippen molar-refractivity contribution in [2.45, 2.75) is 58.9 Å². The van der Waals surface area contributed by atoms with Crippen LogP contribution in [0.2, 0.25) is 0 Å². The minimum Gasteiger partial charge on any atom is -0.480 e. The zero-order valence-electron chi connectivity index (χ0n) is 12.9. The lowest BCUT2D eigenvalue weighted by molar-refractivity contribution is -0.144. The summed E-state index contributed by atoms with van der Waals surface area (Å²) >= 11 is 0. The van der Waals surface area contributed by atoms with Crippen molar-refractivity contribution < 1.29 is 14.7 Å².